The first-order valence-electron chi connectivity index (χ1n) is 9.12. The maximum Gasteiger partial charge on any atom is 0.252 e. The summed E-state index contributed by atoms with van der Waals surface area (Å²) in [7, 11) is 0. The predicted molar refractivity (Wildman–Crippen MR) is 112 cm³/mol. The lowest BCUT2D eigenvalue weighted by atomic mass is 10.0. The van der Waals surface area contributed by atoms with E-state index >= 15 is 0 Å². The van der Waals surface area contributed by atoms with Crippen molar-refractivity contribution in [1.29, 1.82) is 0 Å². The van der Waals surface area contributed by atoms with Gasteiger partial charge in [-0.15, -0.1) is 10.2 Å². The molecule has 0 bridgehead atoms. The first kappa shape index (κ1) is 18.9. The summed E-state index contributed by atoms with van der Waals surface area (Å²) in [5.74, 6) is 0.467. The van der Waals surface area contributed by atoms with Gasteiger partial charge in [-0.3, -0.25) is 4.79 Å². The fourth-order valence-corrected chi connectivity index (χ4v) is 3.16. The van der Waals surface area contributed by atoms with E-state index in [0.29, 0.717) is 22.4 Å². The van der Waals surface area contributed by atoms with Crippen LogP contribution in [0.5, 0.6) is 0 Å². The summed E-state index contributed by atoms with van der Waals surface area (Å²) in [6.45, 7) is 1.90. The van der Waals surface area contributed by atoms with Crippen LogP contribution in [0.2, 0.25) is 5.02 Å². The van der Waals surface area contributed by atoms with Crippen LogP contribution in [0.15, 0.2) is 83.3 Å². The van der Waals surface area contributed by atoms with Crippen molar-refractivity contribution in [3.8, 4) is 11.5 Å². The van der Waals surface area contributed by atoms with Crippen LogP contribution in [0, 0.1) is 6.92 Å². The van der Waals surface area contributed by atoms with Crippen LogP contribution in [0.1, 0.15) is 33.4 Å². The molecule has 0 unspecified atom stereocenters. The number of aromatic nitrogens is 2. The molecule has 1 atom stereocenters. The van der Waals surface area contributed by atoms with Crippen LogP contribution >= 0.6 is 11.6 Å². The first-order chi connectivity index (χ1) is 14.1. The fourth-order valence-electron chi connectivity index (χ4n) is 3.03. The minimum absolute atomic E-state index is 0.205. The maximum atomic E-state index is 12.9. The molecular weight excluding hydrogens is 386 g/mol. The number of nitrogens with zero attached hydrogens (tertiary/aromatic N) is 2. The van der Waals surface area contributed by atoms with E-state index in [1.807, 2.05) is 67.6 Å². The highest BCUT2D eigenvalue weighted by molar-refractivity contribution is 6.30. The zero-order valence-electron chi connectivity index (χ0n) is 15.7. The van der Waals surface area contributed by atoms with Gasteiger partial charge in [0, 0.05) is 16.1 Å². The van der Waals surface area contributed by atoms with Crippen molar-refractivity contribution in [2.75, 3.05) is 0 Å². The molecule has 0 spiro atoms. The average molecular weight is 404 g/mol. The molecule has 0 saturated carbocycles. The van der Waals surface area contributed by atoms with Crippen molar-refractivity contribution in [2.24, 2.45) is 0 Å². The topological polar surface area (TPSA) is 68.0 Å². The minimum Gasteiger partial charge on any atom is -0.418 e. The number of amides is 1. The van der Waals surface area contributed by atoms with Crippen LogP contribution in [-0.2, 0) is 0 Å². The summed E-state index contributed by atoms with van der Waals surface area (Å²) >= 11 is 5.95. The lowest BCUT2D eigenvalue weighted by molar-refractivity contribution is 0.0937. The third-order valence-corrected chi connectivity index (χ3v) is 4.83. The van der Waals surface area contributed by atoms with Gasteiger partial charge in [0.15, 0.2) is 0 Å². The molecule has 5 nitrogen and oxygen atoms in total. The van der Waals surface area contributed by atoms with E-state index in [1.165, 1.54) is 0 Å². The number of carbonyl (C=O) groups excluding carboxylic acids is 1. The quantitative estimate of drug-likeness (QED) is 0.496. The summed E-state index contributed by atoms with van der Waals surface area (Å²) in [5, 5.41) is 12.0. The molecule has 1 N–H and O–H groups in total. The van der Waals surface area contributed by atoms with Crippen molar-refractivity contribution >= 4 is 17.5 Å². The molecule has 0 aliphatic heterocycles. The van der Waals surface area contributed by atoms with Gasteiger partial charge in [0.2, 0.25) is 11.8 Å². The Bertz CT molecular complexity index is 1120. The summed E-state index contributed by atoms with van der Waals surface area (Å²) in [6, 6.07) is 23.5. The molecule has 4 rings (SSSR count). The van der Waals surface area contributed by atoms with Gasteiger partial charge < -0.3 is 9.73 Å². The monoisotopic (exact) mass is 403 g/mol. The van der Waals surface area contributed by atoms with Crippen LogP contribution in [0.25, 0.3) is 11.5 Å². The van der Waals surface area contributed by atoms with Crippen molar-refractivity contribution in [2.45, 2.75) is 13.0 Å². The second kappa shape index (κ2) is 8.29. The van der Waals surface area contributed by atoms with Crippen molar-refractivity contribution in [1.82, 2.24) is 15.5 Å². The molecular formula is C23H18ClN3O2. The van der Waals surface area contributed by atoms with Gasteiger partial charge in [-0.05, 0) is 48.4 Å². The number of aryl methyl sites for hydroxylation is 1. The van der Waals surface area contributed by atoms with E-state index in [2.05, 4.69) is 15.5 Å². The van der Waals surface area contributed by atoms with Gasteiger partial charge in [-0.25, -0.2) is 0 Å². The fraction of sp³-hybridized carbons (Fsp3) is 0.0870. The lowest BCUT2D eigenvalue weighted by Gasteiger charge is -2.16. The molecule has 6 heteroatoms. The third kappa shape index (κ3) is 4.20. The summed E-state index contributed by atoms with van der Waals surface area (Å²) in [4.78, 5) is 12.9. The number of rotatable bonds is 5. The van der Waals surface area contributed by atoms with Crippen LogP contribution < -0.4 is 5.32 Å². The van der Waals surface area contributed by atoms with Crippen molar-refractivity contribution in [3.63, 3.8) is 0 Å². The number of nitrogens with one attached hydrogen (secondary N) is 1. The molecule has 0 aliphatic carbocycles. The Morgan fingerprint density at radius 1 is 0.931 bits per heavy atom. The highest BCUT2D eigenvalue weighted by atomic mass is 35.5. The summed E-state index contributed by atoms with van der Waals surface area (Å²) in [5.41, 5.74) is 3.10. The molecule has 144 valence electrons. The number of hydrogen-bond acceptors (Lipinski definition) is 4. The Morgan fingerprint density at radius 3 is 2.34 bits per heavy atom. The van der Waals surface area contributed by atoms with Gasteiger partial charge >= 0.3 is 0 Å². The molecule has 29 heavy (non-hydrogen) atoms. The molecule has 0 fully saturated rings. The predicted octanol–water partition coefficient (Wildman–Crippen LogP) is 5.22. The first-order valence-corrected chi connectivity index (χ1v) is 9.50. The summed E-state index contributed by atoms with van der Waals surface area (Å²) < 4.78 is 5.91. The smallest absolute Gasteiger partial charge is 0.252 e. The molecule has 1 aromatic heterocycles. The molecule has 0 aliphatic rings. The second-order valence-corrected chi connectivity index (χ2v) is 7.02. The summed E-state index contributed by atoms with van der Waals surface area (Å²) in [6.07, 6.45) is 0. The Balaban J connectivity index is 1.68. The van der Waals surface area contributed by atoms with E-state index in [-0.39, 0.29) is 5.91 Å². The largest absolute Gasteiger partial charge is 0.418 e. The Morgan fingerprint density at radius 2 is 1.62 bits per heavy atom. The van der Waals surface area contributed by atoms with E-state index in [1.54, 1.807) is 18.2 Å². The van der Waals surface area contributed by atoms with Gasteiger partial charge in [0.25, 0.3) is 5.91 Å². The standard InChI is InChI=1S/C23H18ClN3O2/c1-15-7-5-6-10-19(15)21(28)25-20(16-8-3-2-4-9-16)23-27-26-22(29-23)17-11-13-18(24)14-12-17/h2-14,20H,1H3,(H,25,28)/t20-/m0/s1. The zero-order valence-corrected chi connectivity index (χ0v) is 16.4. The van der Waals surface area contributed by atoms with Gasteiger partial charge in [0.1, 0.15) is 6.04 Å². The molecule has 0 radical (unpaired) electrons. The number of halogens is 1. The highest BCUT2D eigenvalue weighted by Gasteiger charge is 2.24. The number of hydrogen-bond donors (Lipinski definition) is 1. The zero-order chi connectivity index (χ0) is 20.2. The Labute approximate surface area is 173 Å². The van der Waals surface area contributed by atoms with Gasteiger partial charge in [-0.2, -0.15) is 0 Å². The van der Waals surface area contributed by atoms with Crippen molar-refractivity contribution < 1.29 is 9.21 Å². The molecule has 4 aromatic rings. The van der Waals surface area contributed by atoms with E-state index in [0.717, 1.165) is 16.7 Å². The van der Waals surface area contributed by atoms with Crippen molar-refractivity contribution in [3.05, 3.63) is 106 Å². The maximum absolute atomic E-state index is 12.9. The molecule has 0 saturated heterocycles. The van der Waals surface area contributed by atoms with E-state index < -0.39 is 6.04 Å². The molecule has 3 aromatic carbocycles. The molecule has 1 amide bonds. The normalized spacial score (nSPS) is 11.8. The second-order valence-electron chi connectivity index (χ2n) is 6.58. The minimum atomic E-state index is -0.572. The Kier molecular flexibility index (Phi) is 5.40. The van der Waals surface area contributed by atoms with Gasteiger partial charge in [-0.1, -0.05) is 60.1 Å². The lowest BCUT2D eigenvalue weighted by Crippen LogP contribution is -2.30. The van der Waals surface area contributed by atoms with E-state index in [4.69, 9.17) is 16.0 Å². The number of carbonyl (C=O) groups is 1. The SMILES string of the molecule is Cc1ccccc1C(=O)N[C@@H](c1ccccc1)c1nnc(-c2ccc(Cl)cc2)o1. The molecule has 1 heterocycles. The Hall–Kier alpha value is -3.44. The van der Waals surface area contributed by atoms with Crippen LogP contribution in [0.4, 0.5) is 0 Å². The van der Waals surface area contributed by atoms with Gasteiger partial charge in [0.05, 0.1) is 0 Å². The van der Waals surface area contributed by atoms with E-state index in [9.17, 15) is 4.79 Å². The van der Waals surface area contributed by atoms with Crippen LogP contribution in [-0.4, -0.2) is 16.1 Å². The highest BCUT2D eigenvalue weighted by Crippen LogP contribution is 2.26. The van der Waals surface area contributed by atoms with Crippen LogP contribution in [0.3, 0.4) is 0 Å². The number of benzene rings is 3. The average Bonchev–Trinajstić information content (AvgIpc) is 3.23. The third-order valence-electron chi connectivity index (χ3n) is 4.58.